The highest BCUT2D eigenvalue weighted by Crippen LogP contribution is 2.38. The number of rotatable bonds is 18. The quantitative estimate of drug-likeness (QED) is 0.0630. The molecule has 98 heavy (non-hydrogen) atoms. The Bertz CT molecular complexity index is 3880. The molecule has 0 heterocycles. The molecule has 10 heteroatoms. The summed E-state index contributed by atoms with van der Waals surface area (Å²) in [5, 5.41) is 0. The van der Waals surface area contributed by atoms with Crippen LogP contribution in [-0.4, -0.2) is 42.7 Å². The molecule has 0 aromatic heterocycles. The summed E-state index contributed by atoms with van der Waals surface area (Å²) in [5.41, 5.74) is 7.76. The zero-order valence-electron chi connectivity index (χ0n) is 59.8. The van der Waals surface area contributed by atoms with Crippen LogP contribution in [0.1, 0.15) is 33.4 Å². The maximum Gasteiger partial charge on any atom is 0.166 e. The molecule has 0 bridgehead atoms. The summed E-state index contributed by atoms with van der Waals surface area (Å²) in [6, 6.07) is 103. The lowest BCUT2D eigenvalue weighted by Gasteiger charge is -2.10. The lowest BCUT2D eigenvalue weighted by molar-refractivity contribution is 0.414. The van der Waals surface area contributed by atoms with E-state index in [-0.39, 0.29) is 73.3 Å². The first-order chi connectivity index (χ1) is 45.8. The molecule has 0 atom stereocenters. The standard InChI is InChI=1S/C21H21O3S.C21H21O2S.C21H21OS.C21H21S.4CH3/c1-22-16-4-10-19(11-5-16)25(20-12-6-17(23-2)7-13-20)21-14-8-18(24-3)9-15-21;1-16-4-10-19(11-5-16)24(20-12-6-17(22-2)7-13-20)21-14-8-18(23-3)9-15-21;1-16-4-10-19(11-5-16)23(20-12-6-17(2)7-13-20)21-14-8-18(22-3)9-15-21;1-16-4-10-19(11-5-16)22(20-12-6-17(2)7-13-20)21-14-8-18(3)9-15-21;;;;/h4-15H,1-3H3;4-15H,1-3H3;4-15H,1-3H3;4-15H,1-3H3;4*1H3/q4*+1;4*-1. The molecule has 0 fully saturated rings. The van der Waals surface area contributed by atoms with Crippen molar-refractivity contribution in [2.45, 2.75) is 100 Å². The summed E-state index contributed by atoms with van der Waals surface area (Å²) in [7, 11) is 9.63. The van der Waals surface area contributed by atoms with Gasteiger partial charge in [-0.25, -0.2) is 0 Å². The van der Waals surface area contributed by atoms with Crippen LogP contribution in [0, 0.1) is 71.2 Å². The molecule has 508 valence electrons. The third-order valence-electron chi connectivity index (χ3n) is 15.3. The van der Waals surface area contributed by atoms with Gasteiger partial charge in [-0.15, -0.1) is 0 Å². The van der Waals surface area contributed by atoms with Crippen molar-refractivity contribution in [2.75, 3.05) is 42.7 Å². The van der Waals surface area contributed by atoms with Gasteiger partial charge in [0.1, 0.15) is 34.5 Å². The van der Waals surface area contributed by atoms with E-state index in [0.717, 1.165) is 34.5 Å². The third kappa shape index (κ3) is 21.9. The van der Waals surface area contributed by atoms with Crippen molar-refractivity contribution in [1.82, 2.24) is 0 Å². The fraction of sp³-hybridized carbons (Fsp3) is 0.136. The summed E-state index contributed by atoms with van der Waals surface area (Å²) in [4.78, 5) is 15.6. The maximum atomic E-state index is 5.29. The van der Waals surface area contributed by atoms with Crippen LogP contribution in [0.25, 0.3) is 0 Å². The summed E-state index contributed by atoms with van der Waals surface area (Å²) in [5.74, 6) is 5.22. The molecular weight excluding hydrogens is 1280 g/mol. The lowest BCUT2D eigenvalue weighted by atomic mass is 10.2. The Labute approximate surface area is 599 Å². The van der Waals surface area contributed by atoms with Crippen LogP contribution in [-0.2, 0) is 43.6 Å². The molecule has 0 aliphatic heterocycles. The van der Waals surface area contributed by atoms with Gasteiger partial charge in [-0.05, 0) is 260 Å². The van der Waals surface area contributed by atoms with Gasteiger partial charge in [-0.2, -0.15) is 0 Å². The maximum absolute atomic E-state index is 5.29. The summed E-state index contributed by atoms with van der Waals surface area (Å²) < 4.78 is 31.8. The number of hydrogen-bond donors (Lipinski definition) is 0. The smallest absolute Gasteiger partial charge is 0.166 e. The fourth-order valence-electron chi connectivity index (χ4n) is 9.95. The summed E-state index contributed by atoms with van der Waals surface area (Å²) in [6.07, 6.45) is 0. The van der Waals surface area contributed by atoms with Crippen molar-refractivity contribution >= 4 is 43.6 Å². The fourth-order valence-corrected chi connectivity index (χ4v) is 18.1. The molecular formula is C88H96O6S4. The molecule has 12 aromatic rings. The predicted molar refractivity (Wildman–Crippen MR) is 419 cm³/mol. The zero-order chi connectivity index (χ0) is 66.3. The molecule has 0 aliphatic rings. The Balaban J connectivity index is 0.000000233. The van der Waals surface area contributed by atoms with Crippen molar-refractivity contribution < 1.29 is 28.4 Å². The van der Waals surface area contributed by atoms with E-state index in [0.29, 0.717) is 0 Å². The first-order valence-electron chi connectivity index (χ1n) is 31.0. The summed E-state index contributed by atoms with van der Waals surface area (Å²) >= 11 is 0. The Morgan fingerprint density at radius 1 is 0.143 bits per heavy atom. The highest BCUT2D eigenvalue weighted by molar-refractivity contribution is 7.98. The van der Waals surface area contributed by atoms with Crippen LogP contribution in [0.3, 0.4) is 0 Å². The van der Waals surface area contributed by atoms with E-state index in [1.54, 1.807) is 42.7 Å². The molecule has 0 saturated heterocycles. The molecule has 0 spiro atoms. The van der Waals surface area contributed by atoms with Crippen LogP contribution < -0.4 is 28.4 Å². The Hall–Kier alpha value is -9.16. The van der Waals surface area contributed by atoms with Gasteiger partial charge >= 0.3 is 0 Å². The minimum Gasteiger partial charge on any atom is -0.497 e. The van der Waals surface area contributed by atoms with Gasteiger partial charge < -0.3 is 58.1 Å². The number of methoxy groups -OCH3 is 6. The minimum absolute atomic E-state index is 0. The lowest BCUT2D eigenvalue weighted by Crippen LogP contribution is -2.05. The first kappa shape index (κ1) is 79.5. The van der Waals surface area contributed by atoms with E-state index in [4.69, 9.17) is 28.4 Å². The van der Waals surface area contributed by atoms with E-state index in [1.165, 1.54) is 92.1 Å². The van der Waals surface area contributed by atoms with Gasteiger partial charge in [-0.3, -0.25) is 0 Å². The second-order valence-electron chi connectivity index (χ2n) is 22.2. The van der Waals surface area contributed by atoms with Crippen molar-refractivity contribution in [3.63, 3.8) is 0 Å². The van der Waals surface area contributed by atoms with Gasteiger partial charge in [0, 0.05) is 0 Å². The van der Waals surface area contributed by atoms with E-state index in [9.17, 15) is 0 Å². The van der Waals surface area contributed by atoms with E-state index in [2.05, 4.69) is 260 Å². The molecule has 0 N–H and O–H groups in total. The number of benzene rings is 12. The largest absolute Gasteiger partial charge is 0.497 e. The number of ether oxygens (including phenoxy) is 6. The van der Waals surface area contributed by atoms with Crippen LogP contribution in [0.2, 0.25) is 0 Å². The monoisotopic (exact) mass is 1380 g/mol. The van der Waals surface area contributed by atoms with Gasteiger partial charge in [0.05, 0.1) is 86.2 Å². The van der Waals surface area contributed by atoms with Crippen molar-refractivity contribution in [3.8, 4) is 34.5 Å². The zero-order valence-corrected chi connectivity index (χ0v) is 63.1. The van der Waals surface area contributed by atoms with Gasteiger partial charge in [0.2, 0.25) is 0 Å². The van der Waals surface area contributed by atoms with Crippen LogP contribution in [0.5, 0.6) is 34.5 Å². The van der Waals surface area contributed by atoms with Crippen LogP contribution in [0.15, 0.2) is 350 Å². The second kappa shape index (κ2) is 39.9. The topological polar surface area (TPSA) is 55.4 Å². The van der Waals surface area contributed by atoms with Crippen LogP contribution >= 0.6 is 0 Å². The van der Waals surface area contributed by atoms with E-state index < -0.39 is 0 Å². The minimum atomic E-state index is -0.212. The normalized spacial score (nSPS) is 10.3. The summed E-state index contributed by atoms with van der Waals surface area (Å²) in [6.45, 7) is 12.8. The van der Waals surface area contributed by atoms with Gasteiger partial charge in [0.15, 0.2) is 58.7 Å². The predicted octanol–water partition coefficient (Wildman–Crippen LogP) is 22.8. The highest BCUT2D eigenvalue weighted by Gasteiger charge is 2.32. The van der Waals surface area contributed by atoms with Crippen LogP contribution in [0.4, 0.5) is 0 Å². The number of aryl methyl sites for hydroxylation is 6. The van der Waals surface area contributed by atoms with Crippen molar-refractivity contribution in [1.29, 1.82) is 0 Å². The average Bonchev–Trinajstić information content (AvgIpc) is 0.836. The van der Waals surface area contributed by atoms with Gasteiger partial charge in [0.25, 0.3) is 0 Å². The van der Waals surface area contributed by atoms with E-state index >= 15 is 0 Å². The molecule has 0 amide bonds. The SMILES string of the molecule is COc1ccc([S+](c2ccc(C)cc2)c2ccc(C)cc2)cc1.COc1ccc([S+](c2ccc(C)cc2)c2ccc(OC)cc2)cc1.COc1ccc([S+](c2ccc(OC)cc2)c2ccc(OC)cc2)cc1.Cc1ccc([S+](c2ccc(C)cc2)c2ccc(C)cc2)cc1.[CH3-].[CH3-].[CH3-].[CH3-]. The Morgan fingerprint density at radius 3 is 0.306 bits per heavy atom. The van der Waals surface area contributed by atoms with Gasteiger partial charge in [-0.1, -0.05) is 106 Å². The van der Waals surface area contributed by atoms with Crippen molar-refractivity contribution in [3.05, 3.63) is 354 Å². The highest BCUT2D eigenvalue weighted by atomic mass is 32.2. The molecule has 12 aromatic carbocycles. The Kier molecular flexibility index (Phi) is 32.4. The second-order valence-corrected chi connectivity index (χ2v) is 30.3. The average molecular weight is 1380 g/mol. The molecule has 6 nitrogen and oxygen atoms in total. The molecule has 0 unspecified atom stereocenters. The Morgan fingerprint density at radius 2 is 0.224 bits per heavy atom. The van der Waals surface area contributed by atoms with E-state index in [1.807, 2.05) is 72.8 Å². The number of hydrogen-bond acceptors (Lipinski definition) is 6. The van der Waals surface area contributed by atoms with Crippen molar-refractivity contribution in [2.24, 2.45) is 0 Å². The molecule has 0 aliphatic carbocycles. The first-order valence-corrected chi connectivity index (χ1v) is 35.9. The molecule has 0 saturated carbocycles. The molecule has 12 rings (SSSR count). The molecule has 0 radical (unpaired) electrons. The third-order valence-corrected chi connectivity index (χ3v) is 24.2.